The largest absolute Gasteiger partial charge is 0.389 e. The van der Waals surface area contributed by atoms with Gasteiger partial charge in [0.15, 0.2) is 0 Å². The van der Waals surface area contributed by atoms with Gasteiger partial charge in [-0.15, -0.1) is 0 Å². The Kier molecular flexibility index (Phi) is 4.85. The molecule has 0 aliphatic carbocycles. The number of H-pyrrole nitrogens is 1. The highest BCUT2D eigenvalue weighted by atomic mass is 32.2. The quantitative estimate of drug-likeness (QED) is 0.639. The zero-order chi connectivity index (χ0) is 13.8. The minimum absolute atomic E-state index is 0.0800. The highest BCUT2D eigenvalue weighted by Crippen LogP contribution is 2.13. The molecule has 0 aromatic carbocycles. The number of nitrogens with one attached hydrogen (secondary N) is 2. The second-order valence-electron chi connectivity index (χ2n) is 4.42. The van der Waals surface area contributed by atoms with Crippen molar-refractivity contribution >= 4 is 10.0 Å². The van der Waals surface area contributed by atoms with Gasteiger partial charge in [-0.05, 0) is 13.8 Å². The number of methoxy groups -OCH3 is 1. The first kappa shape index (κ1) is 15.1. The molecule has 18 heavy (non-hydrogen) atoms. The number of hydrogen-bond acceptors (Lipinski definition) is 5. The van der Waals surface area contributed by atoms with E-state index < -0.39 is 15.6 Å². The first-order valence-electron chi connectivity index (χ1n) is 5.49. The Morgan fingerprint density at radius 3 is 2.78 bits per heavy atom. The van der Waals surface area contributed by atoms with Crippen LogP contribution in [0.2, 0.25) is 0 Å². The van der Waals surface area contributed by atoms with Crippen LogP contribution in [-0.4, -0.2) is 49.6 Å². The molecule has 1 rings (SSSR count). The van der Waals surface area contributed by atoms with E-state index in [9.17, 15) is 13.5 Å². The number of aliphatic hydroxyl groups is 1. The van der Waals surface area contributed by atoms with Crippen LogP contribution in [0.5, 0.6) is 0 Å². The smallest absolute Gasteiger partial charge is 0.244 e. The standard InChI is InChI=1S/C10H19N3O4S/c1-8-9(6-11-13-8)18(15,16)12-7-10(2,14)4-5-17-3/h6,12,14H,4-5,7H2,1-3H3,(H,11,13). The van der Waals surface area contributed by atoms with Gasteiger partial charge in [0.1, 0.15) is 4.90 Å². The van der Waals surface area contributed by atoms with E-state index in [1.807, 2.05) is 0 Å². The molecule has 1 aromatic rings. The van der Waals surface area contributed by atoms with E-state index in [0.717, 1.165) is 0 Å². The van der Waals surface area contributed by atoms with Crippen molar-refractivity contribution < 1.29 is 18.3 Å². The number of aromatic nitrogens is 2. The van der Waals surface area contributed by atoms with Crippen LogP contribution in [0.3, 0.4) is 0 Å². The molecule has 1 unspecified atom stereocenters. The molecule has 0 aliphatic heterocycles. The minimum atomic E-state index is -3.65. The summed E-state index contributed by atoms with van der Waals surface area (Å²) >= 11 is 0. The molecule has 1 aromatic heterocycles. The van der Waals surface area contributed by atoms with Crippen LogP contribution in [0, 0.1) is 6.92 Å². The summed E-state index contributed by atoms with van der Waals surface area (Å²) in [6, 6.07) is 0. The van der Waals surface area contributed by atoms with E-state index in [-0.39, 0.29) is 11.4 Å². The molecule has 0 radical (unpaired) electrons. The average Bonchev–Trinajstić information content (AvgIpc) is 2.71. The van der Waals surface area contributed by atoms with Crippen molar-refractivity contribution in [3.05, 3.63) is 11.9 Å². The SMILES string of the molecule is COCCC(C)(O)CNS(=O)(=O)c1cn[nH]c1C. The zero-order valence-corrected chi connectivity index (χ0v) is 11.5. The number of hydrogen-bond donors (Lipinski definition) is 3. The molecule has 0 bridgehead atoms. The predicted octanol–water partition coefficient (Wildman–Crippen LogP) is -0.216. The zero-order valence-electron chi connectivity index (χ0n) is 10.7. The number of aryl methyl sites for hydroxylation is 1. The van der Waals surface area contributed by atoms with E-state index in [4.69, 9.17) is 4.74 Å². The normalized spacial score (nSPS) is 15.6. The fourth-order valence-corrected chi connectivity index (χ4v) is 2.65. The minimum Gasteiger partial charge on any atom is -0.389 e. The van der Waals surface area contributed by atoms with Crippen molar-refractivity contribution in [2.75, 3.05) is 20.3 Å². The Hall–Kier alpha value is -0.960. The van der Waals surface area contributed by atoms with Crippen LogP contribution in [0.15, 0.2) is 11.1 Å². The van der Waals surface area contributed by atoms with Crippen LogP contribution in [0.25, 0.3) is 0 Å². The van der Waals surface area contributed by atoms with Gasteiger partial charge < -0.3 is 9.84 Å². The molecule has 8 heteroatoms. The number of ether oxygens (including phenoxy) is 1. The summed E-state index contributed by atoms with van der Waals surface area (Å²) in [4.78, 5) is 0.0880. The van der Waals surface area contributed by atoms with E-state index in [0.29, 0.717) is 18.7 Å². The highest BCUT2D eigenvalue weighted by molar-refractivity contribution is 7.89. The van der Waals surface area contributed by atoms with Gasteiger partial charge in [0.25, 0.3) is 0 Å². The van der Waals surface area contributed by atoms with Crippen molar-refractivity contribution in [3.63, 3.8) is 0 Å². The van der Waals surface area contributed by atoms with Crippen LogP contribution < -0.4 is 4.72 Å². The third-order valence-corrected chi connectivity index (χ3v) is 4.08. The summed E-state index contributed by atoms with van der Waals surface area (Å²) < 4.78 is 31.0. The topological polar surface area (TPSA) is 104 Å². The maximum absolute atomic E-state index is 11.9. The average molecular weight is 277 g/mol. The Balaban J connectivity index is 2.66. The molecular formula is C10H19N3O4S. The lowest BCUT2D eigenvalue weighted by Crippen LogP contribution is -2.41. The van der Waals surface area contributed by atoms with Crippen molar-refractivity contribution in [1.29, 1.82) is 0 Å². The molecule has 0 spiro atoms. The van der Waals surface area contributed by atoms with Crippen molar-refractivity contribution in [2.45, 2.75) is 30.8 Å². The summed E-state index contributed by atoms with van der Waals surface area (Å²) in [6.45, 7) is 3.45. The maximum atomic E-state index is 11.9. The lowest BCUT2D eigenvalue weighted by molar-refractivity contribution is 0.0292. The highest BCUT2D eigenvalue weighted by Gasteiger charge is 2.25. The summed E-state index contributed by atoms with van der Waals surface area (Å²) in [5.41, 5.74) is -0.695. The Labute approximate surface area is 107 Å². The third kappa shape index (κ3) is 4.05. The number of sulfonamides is 1. The molecule has 3 N–H and O–H groups in total. The molecule has 0 fully saturated rings. The fraction of sp³-hybridized carbons (Fsp3) is 0.700. The second kappa shape index (κ2) is 5.79. The van der Waals surface area contributed by atoms with Crippen molar-refractivity contribution in [2.24, 2.45) is 0 Å². The van der Waals surface area contributed by atoms with E-state index in [2.05, 4.69) is 14.9 Å². The van der Waals surface area contributed by atoms with Gasteiger partial charge in [0.05, 0.1) is 17.5 Å². The van der Waals surface area contributed by atoms with Gasteiger partial charge in [-0.1, -0.05) is 0 Å². The summed E-state index contributed by atoms with van der Waals surface area (Å²) in [5, 5.41) is 16.2. The first-order chi connectivity index (χ1) is 8.28. The molecule has 0 saturated carbocycles. The molecule has 104 valence electrons. The van der Waals surface area contributed by atoms with Crippen LogP contribution in [0.1, 0.15) is 19.0 Å². The summed E-state index contributed by atoms with van der Waals surface area (Å²) in [5.74, 6) is 0. The fourth-order valence-electron chi connectivity index (χ4n) is 1.35. The van der Waals surface area contributed by atoms with E-state index >= 15 is 0 Å². The number of aromatic amines is 1. The van der Waals surface area contributed by atoms with Gasteiger partial charge in [0.2, 0.25) is 10.0 Å². The summed E-state index contributed by atoms with van der Waals surface area (Å²) in [6.07, 6.45) is 1.58. The predicted molar refractivity (Wildman–Crippen MR) is 65.6 cm³/mol. The first-order valence-corrected chi connectivity index (χ1v) is 6.98. The van der Waals surface area contributed by atoms with Gasteiger partial charge in [0, 0.05) is 26.7 Å². The molecule has 0 saturated heterocycles. The van der Waals surface area contributed by atoms with Crippen LogP contribution >= 0.6 is 0 Å². The number of nitrogens with zero attached hydrogens (tertiary/aromatic N) is 1. The van der Waals surface area contributed by atoms with Crippen LogP contribution in [0.4, 0.5) is 0 Å². The second-order valence-corrected chi connectivity index (χ2v) is 6.16. The third-order valence-electron chi connectivity index (χ3n) is 2.56. The molecule has 7 nitrogen and oxygen atoms in total. The molecule has 1 atom stereocenters. The van der Waals surface area contributed by atoms with Crippen LogP contribution in [-0.2, 0) is 14.8 Å². The Morgan fingerprint density at radius 1 is 1.61 bits per heavy atom. The van der Waals surface area contributed by atoms with Gasteiger partial charge in [-0.3, -0.25) is 5.10 Å². The molecule has 1 heterocycles. The Bertz CT molecular complexity index is 481. The van der Waals surface area contributed by atoms with Gasteiger partial charge in [-0.25, -0.2) is 13.1 Å². The maximum Gasteiger partial charge on any atom is 0.244 e. The van der Waals surface area contributed by atoms with Gasteiger partial charge in [-0.2, -0.15) is 5.10 Å². The van der Waals surface area contributed by atoms with Crippen molar-refractivity contribution in [1.82, 2.24) is 14.9 Å². The Morgan fingerprint density at radius 2 is 2.28 bits per heavy atom. The molecule has 0 amide bonds. The molecular weight excluding hydrogens is 258 g/mol. The van der Waals surface area contributed by atoms with Gasteiger partial charge >= 0.3 is 0 Å². The molecule has 0 aliphatic rings. The lowest BCUT2D eigenvalue weighted by atomic mass is 10.0. The van der Waals surface area contributed by atoms with Crippen molar-refractivity contribution in [3.8, 4) is 0 Å². The van der Waals surface area contributed by atoms with E-state index in [1.165, 1.54) is 13.3 Å². The monoisotopic (exact) mass is 277 g/mol. The number of rotatable bonds is 7. The lowest BCUT2D eigenvalue weighted by Gasteiger charge is -2.23. The summed E-state index contributed by atoms with van der Waals surface area (Å²) in [7, 11) is -2.13. The van der Waals surface area contributed by atoms with E-state index in [1.54, 1.807) is 13.8 Å².